The standard InChI is InChI=1S/C9H9BrN4O2S/c1-14-3-2-7(6-14)17(15,16)13-9-5-11-8(10)4-12-9/h2-6H,1H3,(H,12,13). The third kappa shape index (κ3) is 2.83. The number of hydrogen-bond acceptors (Lipinski definition) is 4. The zero-order valence-electron chi connectivity index (χ0n) is 8.83. The summed E-state index contributed by atoms with van der Waals surface area (Å²) in [6.07, 6.45) is 5.92. The van der Waals surface area contributed by atoms with Crippen LogP contribution in [-0.2, 0) is 17.1 Å². The summed E-state index contributed by atoms with van der Waals surface area (Å²) in [5.74, 6) is 0.178. The molecule has 2 heterocycles. The molecule has 0 saturated carbocycles. The van der Waals surface area contributed by atoms with Crippen LogP contribution in [-0.4, -0.2) is 23.0 Å². The van der Waals surface area contributed by atoms with Crippen molar-refractivity contribution in [3.05, 3.63) is 35.5 Å². The van der Waals surface area contributed by atoms with Crippen LogP contribution in [0.15, 0.2) is 40.4 Å². The number of sulfonamides is 1. The molecule has 0 spiro atoms. The van der Waals surface area contributed by atoms with Crippen LogP contribution >= 0.6 is 15.9 Å². The lowest BCUT2D eigenvalue weighted by atomic mass is 10.7. The van der Waals surface area contributed by atoms with Gasteiger partial charge >= 0.3 is 0 Å². The molecule has 0 amide bonds. The van der Waals surface area contributed by atoms with Crippen LogP contribution in [0.5, 0.6) is 0 Å². The van der Waals surface area contributed by atoms with Crippen LogP contribution < -0.4 is 4.72 Å². The molecule has 0 fully saturated rings. The van der Waals surface area contributed by atoms with Crippen molar-refractivity contribution in [2.45, 2.75) is 4.90 Å². The smallest absolute Gasteiger partial charge is 0.264 e. The number of anilines is 1. The van der Waals surface area contributed by atoms with Gasteiger partial charge in [0.25, 0.3) is 10.0 Å². The highest BCUT2D eigenvalue weighted by molar-refractivity contribution is 9.10. The Balaban J connectivity index is 2.26. The minimum Gasteiger partial charge on any atom is -0.356 e. The van der Waals surface area contributed by atoms with Gasteiger partial charge in [-0.3, -0.25) is 4.72 Å². The molecule has 0 bridgehead atoms. The Morgan fingerprint density at radius 2 is 2.12 bits per heavy atom. The van der Waals surface area contributed by atoms with Gasteiger partial charge in [0.2, 0.25) is 0 Å². The Morgan fingerprint density at radius 1 is 1.35 bits per heavy atom. The number of hydrogen-bond donors (Lipinski definition) is 1. The first-order valence-electron chi connectivity index (χ1n) is 4.60. The fraction of sp³-hybridized carbons (Fsp3) is 0.111. The summed E-state index contributed by atoms with van der Waals surface area (Å²) < 4.78 is 28.3. The van der Waals surface area contributed by atoms with Crippen LogP contribution in [0.25, 0.3) is 0 Å². The maximum Gasteiger partial charge on any atom is 0.264 e. The summed E-state index contributed by atoms with van der Waals surface area (Å²) in [7, 11) is -1.85. The topological polar surface area (TPSA) is 76.9 Å². The first-order chi connectivity index (χ1) is 7.97. The normalized spacial score (nSPS) is 11.4. The van der Waals surface area contributed by atoms with Gasteiger partial charge in [-0.25, -0.2) is 18.4 Å². The van der Waals surface area contributed by atoms with Gasteiger partial charge in [0.1, 0.15) is 9.50 Å². The summed E-state index contributed by atoms with van der Waals surface area (Å²) in [5.41, 5.74) is 0. The maximum absolute atomic E-state index is 11.9. The van der Waals surface area contributed by atoms with E-state index in [0.717, 1.165) is 0 Å². The lowest BCUT2D eigenvalue weighted by Gasteiger charge is -2.04. The maximum atomic E-state index is 11.9. The van der Waals surface area contributed by atoms with Crippen LogP contribution in [0.2, 0.25) is 0 Å². The van der Waals surface area contributed by atoms with Crippen LogP contribution in [0, 0.1) is 0 Å². The molecule has 0 aromatic carbocycles. The van der Waals surface area contributed by atoms with Gasteiger partial charge in [-0.05, 0) is 22.0 Å². The van der Waals surface area contributed by atoms with E-state index in [4.69, 9.17) is 0 Å². The van der Waals surface area contributed by atoms with Crippen molar-refractivity contribution in [3.63, 3.8) is 0 Å². The SMILES string of the molecule is Cn1ccc(S(=O)(=O)Nc2cnc(Br)cn2)c1. The van der Waals surface area contributed by atoms with Gasteiger partial charge in [0.05, 0.1) is 12.4 Å². The third-order valence-electron chi connectivity index (χ3n) is 1.97. The summed E-state index contributed by atoms with van der Waals surface area (Å²) in [5, 5.41) is 0. The molecule has 0 aliphatic heterocycles. The molecule has 2 rings (SSSR count). The summed E-state index contributed by atoms with van der Waals surface area (Å²) >= 11 is 3.12. The Hall–Kier alpha value is -1.41. The fourth-order valence-electron chi connectivity index (χ4n) is 1.20. The van der Waals surface area contributed by atoms with Crippen molar-refractivity contribution in [2.24, 2.45) is 7.05 Å². The van der Waals surface area contributed by atoms with Crippen molar-refractivity contribution in [1.29, 1.82) is 0 Å². The van der Waals surface area contributed by atoms with Gasteiger partial charge in [0, 0.05) is 19.4 Å². The van der Waals surface area contributed by atoms with E-state index in [9.17, 15) is 8.42 Å². The molecular formula is C9H9BrN4O2S. The van der Waals surface area contributed by atoms with Crippen LogP contribution in [0.4, 0.5) is 5.82 Å². The minimum absolute atomic E-state index is 0.178. The summed E-state index contributed by atoms with van der Waals surface area (Å²) in [6, 6.07) is 1.51. The largest absolute Gasteiger partial charge is 0.356 e. The van der Waals surface area contributed by atoms with Crippen LogP contribution in [0.1, 0.15) is 0 Å². The fourth-order valence-corrected chi connectivity index (χ4v) is 2.45. The van der Waals surface area contributed by atoms with E-state index in [0.29, 0.717) is 4.60 Å². The molecule has 0 radical (unpaired) electrons. The second-order valence-corrected chi connectivity index (χ2v) is 5.84. The van der Waals surface area contributed by atoms with E-state index < -0.39 is 10.0 Å². The minimum atomic E-state index is -3.59. The second-order valence-electron chi connectivity index (χ2n) is 3.34. The monoisotopic (exact) mass is 316 g/mol. The van der Waals surface area contributed by atoms with Gasteiger partial charge < -0.3 is 4.57 Å². The average Bonchev–Trinajstić information content (AvgIpc) is 2.69. The molecule has 2 aromatic rings. The van der Waals surface area contributed by atoms with E-state index in [1.807, 2.05) is 0 Å². The van der Waals surface area contributed by atoms with Gasteiger partial charge in [-0.15, -0.1) is 0 Å². The lowest BCUT2D eigenvalue weighted by Crippen LogP contribution is -2.13. The first kappa shape index (κ1) is 12.1. The van der Waals surface area contributed by atoms with E-state index in [2.05, 4.69) is 30.6 Å². The Morgan fingerprint density at radius 3 is 2.65 bits per heavy atom. The second kappa shape index (κ2) is 4.46. The molecule has 17 heavy (non-hydrogen) atoms. The van der Waals surface area contributed by atoms with Crippen molar-refractivity contribution in [3.8, 4) is 0 Å². The zero-order valence-corrected chi connectivity index (χ0v) is 11.2. The first-order valence-corrected chi connectivity index (χ1v) is 6.87. The Labute approximate surface area is 107 Å². The molecule has 6 nitrogen and oxygen atoms in total. The molecule has 90 valence electrons. The van der Waals surface area contributed by atoms with Crippen molar-refractivity contribution < 1.29 is 8.42 Å². The number of nitrogens with one attached hydrogen (secondary N) is 1. The lowest BCUT2D eigenvalue weighted by molar-refractivity contribution is 0.601. The molecule has 0 aliphatic rings. The number of halogens is 1. The highest BCUT2D eigenvalue weighted by Gasteiger charge is 2.15. The van der Waals surface area contributed by atoms with E-state index >= 15 is 0 Å². The molecule has 2 aromatic heterocycles. The molecule has 0 saturated heterocycles. The number of aromatic nitrogens is 3. The number of nitrogens with zero attached hydrogens (tertiary/aromatic N) is 3. The van der Waals surface area contributed by atoms with Crippen molar-refractivity contribution in [2.75, 3.05) is 4.72 Å². The molecular weight excluding hydrogens is 308 g/mol. The predicted octanol–water partition coefficient (Wildman–Crippen LogP) is 1.38. The summed E-state index contributed by atoms with van der Waals surface area (Å²) in [6.45, 7) is 0. The molecule has 0 unspecified atom stereocenters. The number of aryl methyl sites for hydroxylation is 1. The number of rotatable bonds is 3. The highest BCUT2D eigenvalue weighted by Crippen LogP contribution is 2.14. The van der Waals surface area contributed by atoms with Gasteiger partial charge in [0.15, 0.2) is 5.82 Å². The molecule has 1 N–H and O–H groups in total. The molecule has 0 atom stereocenters. The van der Waals surface area contributed by atoms with Gasteiger partial charge in [-0.1, -0.05) is 0 Å². The van der Waals surface area contributed by atoms with Crippen molar-refractivity contribution >= 4 is 31.8 Å². The van der Waals surface area contributed by atoms with Gasteiger partial charge in [-0.2, -0.15) is 0 Å². The zero-order chi connectivity index (χ0) is 12.5. The third-order valence-corrected chi connectivity index (χ3v) is 3.72. The highest BCUT2D eigenvalue weighted by atomic mass is 79.9. The predicted molar refractivity (Wildman–Crippen MR) is 66.0 cm³/mol. The van der Waals surface area contributed by atoms with E-state index in [1.54, 1.807) is 17.8 Å². The van der Waals surface area contributed by atoms with E-state index in [-0.39, 0.29) is 10.7 Å². The van der Waals surface area contributed by atoms with E-state index in [1.165, 1.54) is 24.7 Å². The van der Waals surface area contributed by atoms with Crippen LogP contribution in [0.3, 0.4) is 0 Å². The summed E-state index contributed by atoms with van der Waals surface area (Å²) in [4.78, 5) is 7.96. The Bertz CT molecular complexity index is 621. The molecule has 0 aliphatic carbocycles. The Kier molecular flexibility index (Phi) is 3.16. The average molecular weight is 317 g/mol. The quantitative estimate of drug-likeness (QED) is 0.928. The van der Waals surface area contributed by atoms with Crippen molar-refractivity contribution in [1.82, 2.24) is 14.5 Å². The molecule has 8 heteroatoms.